The number of hydrogen-bond donors (Lipinski definition) is 0. The molecule has 0 spiro atoms. The van der Waals surface area contributed by atoms with Crippen LogP contribution in [0.1, 0.15) is 22.4 Å². The van der Waals surface area contributed by atoms with Crippen LogP contribution < -0.4 is 4.74 Å². The molecule has 0 unspecified atom stereocenters. The highest BCUT2D eigenvalue weighted by Gasteiger charge is 1.99. The van der Waals surface area contributed by atoms with Crippen LogP contribution in [0, 0.1) is 24.6 Å². The summed E-state index contributed by atoms with van der Waals surface area (Å²) in [5, 5.41) is 8.03. The number of rotatable bonds is 3. The molecule has 2 aromatic carbocycles. The second-order valence-corrected chi connectivity index (χ2v) is 5.25. The summed E-state index contributed by atoms with van der Waals surface area (Å²) in [5.41, 5.74) is 2.90. The molecule has 4 heteroatoms. The highest BCUT2D eigenvalue weighted by Crippen LogP contribution is 2.10. The number of benzene rings is 2. The topological polar surface area (TPSA) is 35.0 Å². The van der Waals surface area contributed by atoms with Gasteiger partial charge in [-0.25, -0.2) is 4.39 Å². The molecule has 0 amide bonds. The molecule has 0 N–H and O–H groups in total. The second kappa shape index (κ2) is 7.38. The number of halogens is 1. The van der Waals surface area contributed by atoms with Crippen LogP contribution in [0.15, 0.2) is 60.7 Å². The number of ether oxygens (including phenoxy) is 1. The standard InChI is InChI=1S/C20H15FN2O/c1-15-13-16(8-11-19(15)21)7-9-18-10-12-20(23-22-18)24-14-17-5-3-2-4-6-17/h2-6,8,10-13H,14H2,1H3. The molecule has 0 fully saturated rings. The van der Waals surface area contributed by atoms with Crippen molar-refractivity contribution in [3.63, 3.8) is 0 Å². The van der Waals surface area contributed by atoms with E-state index in [0.717, 1.165) is 11.1 Å². The Morgan fingerprint density at radius 2 is 1.79 bits per heavy atom. The molecule has 0 atom stereocenters. The Bertz CT molecular complexity index is 881. The average molecular weight is 318 g/mol. The third-order valence-electron chi connectivity index (χ3n) is 3.36. The fourth-order valence-corrected chi connectivity index (χ4v) is 2.05. The van der Waals surface area contributed by atoms with Gasteiger partial charge >= 0.3 is 0 Å². The van der Waals surface area contributed by atoms with Crippen LogP contribution in [0.25, 0.3) is 0 Å². The van der Waals surface area contributed by atoms with Crippen molar-refractivity contribution in [1.29, 1.82) is 0 Å². The van der Waals surface area contributed by atoms with E-state index in [4.69, 9.17) is 4.74 Å². The van der Waals surface area contributed by atoms with E-state index in [1.54, 1.807) is 31.2 Å². The summed E-state index contributed by atoms with van der Waals surface area (Å²) in [6.07, 6.45) is 0. The monoisotopic (exact) mass is 318 g/mol. The fourth-order valence-electron chi connectivity index (χ4n) is 2.05. The summed E-state index contributed by atoms with van der Waals surface area (Å²) in [6.45, 7) is 2.15. The van der Waals surface area contributed by atoms with E-state index in [9.17, 15) is 4.39 Å². The molecule has 0 aliphatic rings. The van der Waals surface area contributed by atoms with Gasteiger partial charge in [0.25, 0.3) is 0 Å². The van der Waals surface area contributed by atoms with Gasteiger partial charge in [-0.3, -0.25) is 0 Å². The Labute approximate surface area is 140 Å². The van der Waals surface area contributed by atoms with Gasteiger partial charge in [0.1, 0.15) is 18.1 Å². The number of aromatic nitrogens is 2. The van der Waals surface area contributed by atoms with Crippen LogP contribution in [0.5, 0.6) is 5.88 Å². The maximum atomic E-state index is 13.2. The lowest BCUT2D eigenvalue weighted by Gasteiger charge is -2.04. The van der Waals surface area contributed by atoms with Crippen molar-refractivity contribution in [3.8, 4) is 17.7 Å². The third-order valence-corrected chi connectivity index (χ3v) is 3.36. The van der Waals surface area contributed by atoms with Crippen LogP contribution in [-0.2, 0) is 6.61 Å². The molecule has 1 aromatic heterocycles. The molecule has 0 aliphatic heterocycles. The smallest absolute Gasteiger partial charge is 0.233 e. The first kappa shape index (κ1) is 15.7. The van der Waals surface area contributed by atoms with E-state index >= 15 is 0 Å². The predicted molar refractivity (Wildman–Crippen MR) is 89.9 cm³/mol. The molecule has 118 valence electrons. The Hall–Kier alpha value is -3.19. The molecule has 3 aromatic rings. The third kappa shape index (κ3) is 4.17. The van der Waals surface area contributed by atoms with Crippen molar-refractivity contribution in [3.05, 3.63) is 88.9 Å². The quantitative estimate of drug-likeness (QED) is 0.687. The first-order valence-electron chi connectivity index (χ1n) is 7.49. The maximum absolute atomic E-state index is 13.2. The van der Waals surface area contributed by atoms with Gasteiger partial charge in [-0.2, -0.15) is 0 Å². The zero-order valence-corrected chi connectivity index (χ0v) is 13.2. The molecule has 0 bridgehead atoms. The SMILES string of the molecule is Cc1cc(C#Cc2ccc(OCc3ccccc3)nn2)ccc1F. The van der Waals surface area contributed by atoms with Crippen LogP contribution >= 0.6 is 0 Å². The summed E-state index contributed by atoms with van der Waals surface area (Å²) in [6, 6.07) is 18.1. The normalized spacial score (nSPS) is 9.92. The molecule has 24 heavy (non-hydrogen) atoms. The van der Waals surface area contributed by atoms with E-state index in [0.29, 0.717) is 23.7 Å². The van der Waals surface area contributed by atoms with Crippen molar-refractivity contribution in [2.24, 2.45) is 0 Å². The van der Waals surface area contributed by atoms with Gasteiger partial charge < -0.3 is 4.74 Å². The zero-order chi connectivity index (χ0) is 16.8. The molecular weight excluding hydrogens is 303 g/mol. The maximum Gasteiger partial charge on any atom is 0.233 e. The lowest BCUT2D eigenvalue weighted by molar-refractivity contribution is 0.290. The summed E-state index contributed by atoms with van der Waals surface area (Å²) in [5.74, 6) is 6.06. The minimum atomic E-state index is -0.236. The van der Waals surface area contributed by atoms with Crippen molar-refractivity contribution in [2.75, 3.05) is 0 Å². The number of aryl methyl sites for hydroxylation is 1. The summed E-state index contributed by atoms with van der Waals surface area (Å²) in [4.78, 5) is 0. The van der Waals surface area contributed by atoms with Crippen LogP contribution in [0.3, 0.4) is 0 Å². The Kier molecular flexibility index (Phi) is 4.83. The molecule has 0 saturated heterocycles. The van der Waals surface area contributed by atoms with Gasteiger partial charge in [0, 0.05) is 11.6 Å². The van der Waals surface area contributed by atoms with Crippen LogP contribution in [0.4, 0.5) is 4.39 Å². The first-order chi connectivity index (χ1) is 11.7. The largest absolute Gasteiger partial charge is 0.472 e. The lowest BCUT2D eigenvalue weighted by atomic mass is 10.1. The molecule has 3 nitrogen and oxygen atoms in total. The van der Waals surface area contributed by atoms with Gasteiger partial charge in [0.2, 0.25) is 5.88 Å². The van der Waals surface area contributed by atoms with Crippen molar-refractivity contribution >= 4 is 0 Å². The van der Waals surface area contributed by atoms with Crippen LogP contribution in [-0.4, -0.2) is 10.2 Å². The van der Waals surface area contributed by atoms with Crippen LogP contribution in [0.2, 0.25) is 0 Å². The fraction of sp³-hybridized carbons (Fsp3) is 0.100. The van der Waals surface area contributed by atoms with E-state index in [2.05, 4.69) is 22.0 Å². The van der Waals surface area contributed by atoms with Crippen molar-refractivity contribution < 1.29 is 9.13 Å². The minimum Gasteiger partial charge on any atom is -0.472 e. The Balaban J connectivity index is 1.64. The van der Waals surface area contributed by atoms with Gasteiger partial charge in [0.05, 0.1) is 0 Å². The lowest BCUT2D eigenvalue weighted by Crippen LogP contribution is -1.98. The number of hydrogen-bond acceptors (Lipinski definition) is 3. The number of nitrogens with zero attached hydrogens (tertiary/aromatic N) is 2. The molecule has 0 radical (unpaired) electrons. The highest BCUT2D eigenvalue weighted by atomic mass is 19.1. The highest BCUT2D eigenvalue weighted by molar-refractivity contribution is 5.41. The zero-order valence-electron chi connectivity index (χ0n) is 13.2. The Morgan fingerprint density at radius 1 is 0.958 bits per heavy atom. The van der Waals surface area contributed by atoms with E-state index in [-0.39, 0.29) is 5.82 Å². The van der Waals surface area contributed by atoms with Crippen molar-refractivity contribution in [1.82, 2.24) is 10.2 Å². The molecule has 3 rings (SSSR count). The van der Waals surface area contributed by atoms with Gasteiger partial charge in [-0.1, -0.05) is 36.3 Å². The molecule has 1 heterocycles. The van der Waals surface area contributed by atoms with Gasteiger partial charge in [-0.05, 0) is 48.2 Å². The summed E-state index contributed by atoms with van der Waals surface area (Å²) in [7, 11) is 0. The molecule has 0 aliphatic carbocycles. The van der Waals surface area contributed by atoms with Crippen molar-refractivity contribution in [2.45, 2.75) is 13.5 Å². The van der Waals surface area contributed by atoms with E-state index < -0.39 is 0 Å². The molecule has 0 saturated carbocycles. The molecular formula is C20H15FN2O. The van der Waals surface area contributed by atoms with E-state index in [1.165, 1.54) is 6.07 Å². The minimum absolute atomic E-state index is 0.236. The Morgan fingerprint density at radius 3 is 2.50 bits per heavy atom. The average Bonchev–Trinajstić information content (AvgIpc) is 2.63. The van der Waals surface area contributed by atoms with E-state index in [1.807, 2.05) is 30.3 Å². The van der Waals surface area contributed by atoms with Gasteiger partial charge in [0.15, 0.2) is 0 Å². The predicted octanol–water partition coefficient (Wildman–Crippen LogP) is 3.90. The summed E-state index contributed by atoms with van der Waals surface area (Å²) >= 11 is 0. The van der Waals surface area contributed by atoms with Gasteiger partial charge in [-0.15, -0.1) is 10.2 Å². The summed E-state index contributed by atoms with van der Waals surface area (Å²) < 4.78 is 18.8. The first-order valence-corrected chi connectivity index (χ1v) is 7.49. The second-order valence-electron chi connectivity index (χ2n) is 5.25.